The van der Waals surface area contributed by atoms with Crippen LogP contribution in [0.3, 0.4) is 0 Å². The van der Waals surface area contributed by atoms with Gasteiger partial charge in [0.25, 0.3) is 0 Å². The highest BCUT2D eigenvalue weighted by atomic mass is 32.1. The van der Waals surface area contributed by atoms with E-state index in [4.69, 9.17) is 0 Å². The van der Waals surface area contributed by atoms with Crippen LogP contribution in [0.1, 0.15) is 30.7 Å². The third-order valence-corrected chi connectivity index (χ3v) is 3.96. The minimum absolute atomic E-state index is 0.832. The van der Waals surface area contributed by atoms with E-state index >= 15 is 0 Å². The van der Waals surface area contributed by atoms with Crippen LogP contribution in [0.25, 0.3) is 6.08 Å². The molecule has 3 heteroatoms. The predicted octanol–water partition coefficient (Wildman–Crippen LogP) is 4.02. The van der Waals surface area contributed by atoms with Crippen molar-refractivity contribution in [2.75, 3.05) is 11.9 Å². The molecule has 0 fully saturated rings. The van der Waals surface area contributed by atoms with Gasteiger partial charge in [-0.1, -0.05) is 19.1 Å². The molecule has 0 aliphatic carbocycles. The fourth-order valence-corrected chi connectivity index (χ4v) is 2.60. The van der Waals surface area contributed by atoms with Gasteiger partial charge in [-0.25, -0.2) is 0 Å². The lowest BCUT2D eigenvalue weighted by molar-refractivity contribution is -0.107. The van der Waals surface area contributed by atoms with E-state index in [9.17, 15) is 4.79 Å². The predicted molar refractivity (Wildman–Crippen MR) is 76.6 cm³/mol. The van der Waals surface area contributed by atoms with Crippen LogP contribution >= 0.6 is 11.3 Å². The Labute approximate surface area is 107 Å². The summed E-state index contributed by atoms with van der Waals surface area (Å²) in [6.07, 6.45) is 3.98. The van der Waals surface area contributed by atoms with Crippen molar-refractivity contribution in [2.45, 2.75) is 27.2 Å². The van der Waals surface area contributed by atoms with Gasteiger partial charge in [-0.3, -0.25) is 4.79 Å². The fraction of sp³-hybridized carbons (Fsp3) is 0.357. The molecule has 1 amide bonds. The summed E-state index contributed by atoms with van der Waals surface area (Å²) in [4.78, 5) is 13.5. The molecule has 0 N–H and O–H groups in total. The molecule has 1 aromatic rings. The topological polar surface area (TPSA) is 20.3 Å². The lowest BCUT2D eigenvalue weighted by atomic mass is 10.1. The molecule has 1 aromatic heterocycles. The van der Waals surface area contributed by atoms with Crippen molar-refractivity contribution < 1.29 is 4.79 Å². The molecule has 1 rings (SSSR count). The highest BCUT2D eigenvalue weighted by molar-refractivity contribution is 7.17. The van der Waals surface area contributed by atoms with E-state index in [0.717, 1.165) is 23.4 Å². The quantitative estimate of drug-likeness (QED) is 0.570. The molecule has 0 bridgehead atoms. The maximum Gasteiger partial charge on any atom is 0.214 e. The maximum absolute atomic E-state index is 10.7. The summed E-state index contributed by atoms with van der Waals surface area (Å²) >= 11 is 1.63. The smallest absolute Gasteiger partial charge is 0.214 e. The minimum atomic E-state index is 0.832. The molecule has 0 aromatic carbocycles. The molecule has 0 aliphatic rings. The van der Waals surface area contributed by atoms with Crippen LogP contribution in [0.4, 0.5) is 5.00 Å². The van der Waals surface area contributed by atoms with Crippen molar-refractivity contribution >= 4 is 28.8 Å². The Balaban J connectivity index is 3.11. The van der Waals surface area contributed by atoms with Crippen molar-refractivity contribution in [2.24, 2.45) is 0 Å². The number of nitrogens with zero attached hydrogens (tertiary/aromatic N) is 1. The SMILES string of the molecule is C=C(C)/C(=C\c1sc(N(C)C=O)cc1C)CC. The summed E-state index contributed by atoms with van der Waals surface area (Å²) in [7, 11) is 1.77. The lowest BCUT2D eigenvalue weighted by Gasteiger charge is -2.05. The monoisotopic (exact) mass is 249 g/mol. The Morgan fingerprint density at radius 2 is 2.24 bits per heavy atom. The van der Waals surface area contributed by atoms with E-state index in [0.29, 0.717) is 0 Å². The second-order valence-corrected chi connectivity index (χ2v) is 5.21. The molecule has 2 nitrogen and oxygen atoms in total. The third kappa shape index (κ3) is 3.30. The zero-order valence-electron chi connectivity index (χ0n) is 10.9. The number of carbonyl (C=O) groups excluding carboxylic acids is 1. The van der Waals surface area contributed by atoms with Crippen molar-refractivity contribution in [3.63, 3.8) is 0 Å². The first-order valence-electron chi connectivity index (χ1n) is 5.64. The first-order valence-corrected chi connectivity index (χ1v) is 6.46. The second-order valence-electron chi connectivity index (χ2n) is 4.15. The van der Waals surface area contributed by atoms with Crippen LogP contribution in [0, 0.1) is 6.92 Å². The van der Waals surface area contributed by atoms with Gasteiger partial charge in [0, 0.05) is 11.9 Å². The van der Waals surface area contributed by atoms with Crippen LogP contribution < -0.4 is 4.90 Å². The van der Waals surface area contributed by atoms with Crippen molar-refractivity contribution in [1.82, 2.24) is 0 Å². The lowest BCUT2D eigenvalue weighted by Crippen LogP contribution is -2.11. The third-order valence-electron chi connectivity index (χ3n) is 2.68. The van der Waals surface area contributed by atoms with Crippen LogP contribution in [0.2, 0.25) is 0 Å². The molecule has 0 aliphatic heterocycles. The highest BCUT2D eigenvalue weighted by Crippen LogP contribution is 2.31. The van der Waals surface area contributed by atoms with E-state index in [1.807, 2.05) is 13.0 Å². The summed E-state index contributed by atoms with van der Waals surface area (Å²) < 4.78 is 0. The van der Waals surface area contributed by atoms with Crippen molar-refractivity contribution in [3.05, 3.63) is 34.2 Å². The van der Waals surface area contributed by atoms with Gasteiger partial charge in [0.05, 0.1) is 5.00 Å². The van der Waals surface area contributed by atoms with Crippen molar-refractivity contribution in [3.8, 4) is 0 Å². The Kier molecular flexibility index (Phi) is 4.70. The molecule has 17 heavy (non-hydrogen) atoms. The Hall–Kier alpha value is -1.35. The Morgan fingerprint density at radius 1 is 1.59 bits per heavy atom. The number of thiophene rings is 1. The molecule has 0 radical (unpaired) electrons. The minimum Gasteiger partial charge on any atom is -0.310 e. The van der Waals surface area contributed by atoms with E-state index in [-0.39, 0.29) is 0 Å². The van der Waals surface area contributed by atoms with E-state index in [2.05, 4.69) is 26.5 Å². The first-order chi connectivity index (χ1) is 7.99. The van der Waals surface area contributed by atoms with Crippen LogP contribution in [0.5, 0.6) is 0 Å². The van der Waals surface area contributed by atoms with Gasteiger partial charge < -0.3 is 4.90 Å². The van der Waals surface area contributed by atoms with Gasteiger partial charge >= 0.3 is 0 Å². The number of rotatable bonds is 5. The van der Waals surface area contributed by atoms with Gasteiger partial charge in [-0.05, 0) is 43.5 Å². The summed E-state index contributed by atoms with van der Waals surface area (Å²) in [6.45, 7) is 10.2. The Morgan fingerprint density at radius 3 is 2.71 bits per heavy atom. The maximum atomic E-state index is 10.7. The van der Waals surface area contributed by atoms with Gasteiger partial charge in [0.2, 0.25) is 6.41 Å². The normalized spacial score (nSPS) is 11.4. The molecular weight excluding hydrogens is 230 g/mol. The summed E-state index contributed by atoms with van der Waals surface area (Å²) in [5, 5.41) is 0.973. The molecule has 0 atom stereocenters. The summed E-state index contributed by atoms with van der Waals surface area (Å²) in [5.74, 6) is 0. The highest BCUT2D eigenvalue weighted by Gasteiger charge is 2.07. The number of amides is 1. The van der Waals surface area contributed by atoms with Gasteiger partial charge in [0.1, 0.15) is 0 Å². The Bertz CT molecular complexity index is 457. The number of hydrogen-bond donors (Lipinski definition) is 0. The van der Waals surface area contributed by atoms with E-state index in [1.165, 1.54) is 16.0 Å². The van der Waals surface area contributed by atoms with Crippen LogP contribution in [-0.2, 0) is 4.79 Å². The van der Waals surface area contributed by atoms with Gasteiger partial charge in [-0.15, -0.1) is 11.3 Å². The molecule has 0 spiro atoms. The van der Waals surface area contributed by atoms with Gasteiger partial charge in [-0.2, -0.15) is 0 Å². The van der Waals surface area contributed by atoms with E-state index < -0.39 is 0 Å². The van der Waals surface area contributed by atoms with Gasteiger partial charge in [0.15, 0.2) is 0 Å². The largest absolute Gasteiger partial charge is 0.310 e. The van der Waals surface area contributed by atoms with E-state index in [1.54, 1.807) is 23.3 Å². The average molecular weight is 249 g/mol. The number of hydrogen-bond acceptors (Lipinski definition) is 2. The average Bonchev–Trinajstić information content (AvgIpc) is 2.66. The second kappa shape index (κ2) is 5.82. The number of anilines is 1. The summed E-state index contributed by atoms with van der Waals surface area (Å²) in [6, 6.07) is 2.04. The number of carbonyl (C=O) groups is 1. The van der Waals surface area contributed by atoms with Crippen molar-refractivity contribution in [1.29, 1.82) is 0 Å². The fourth-order valence-electron chi connectivity index (χ4n) is 1.53. The molecule has 92 valence electrons. The standard InChI is InChI=1S/C14H19NOS/c1-6-12(10(2)3)8-13-11(4)7-14(17-13)15(5)9-16/h7-9H,2,6H2,1,3-5H3/b12-8-. The molecule has 1 heterocycles. The molecule has 0 unspecified atom stereocenters. The first kappa shape index (κ1) is 13.7. The molecule has 0 saturated carbocycles. The molecule has 0 saturated heterocycles. The van der Waals surface area contributed by atoms with Crippen LogP contribution in [-0.4, -0.2) is 13.5 Å². The number of aryl methyl sites for hydroxylation is 1. The van der Waals surface area contributed by atoms with Crippen LogP contribution in [0.15, 0.2) is 23.8 Å². The molecular formula is C14H19NOS. The number of allylic oxidation sites excluding steroid dienone is 2. The zero-order valence-corrected chi connectivity index (χ0v) is 11.7. The summed E-state index contributed by atoms with van der Waals surface area (Å²) in [5.41, 5.74) is 3.56. The zero-order chi connectivity index (χ0) is 13.0.